The van der Waals surface area contributed by atoms with E-state index in [0.717, 1.165) is 31.3 Å². The average molecular weight is 236 g/mol. The van der Waals surface area contributed by atoms with Crippen molar-refractivity contribution in [1.82, 2.24) is 20.1 Å². The van der Waals surface area contributed by atoms with Crippen LogP contribution in [0.2, 0.25) is 0 Å². The lowest BCUT2D eigenvalue weighted by Gasteiger charge is -2.22. The Morgan fingerprint density at radius 1 is 1.35 bits per heavy atom. The molecule has 1 saturated heterocycles. The minimum Gasteiger partial charge on any atom is -0.368 e. The Bertz CT molecular complexity index is 378. The highest BCUT2D eigenvalue weighted by Gasteiger charge is 2.26. The lowest BCUT2D eigenvalue weighted by molar-refractivity contribution is 0.0199. The molecule has 1 N–H and O–H groups in total. The van der Waals surface area contributed by atoms with Crippen LogP contribution in [0, 0.1) is 0 Å². The number of morpholine rings is 1. The number of nitrogens with one attached hydrogen (secondary N) is 1. The van der Waals surface area contributed by atoms with Crippen molar-refractivity contribution >= 4 is 0 Å². The van der Waals surface area contributed by atoms with Gasteiger partial charge in [-0.05, 0) is 12.8 Å². The minimum absolute atomic E-state index is 0.0661. The van der Waals surface area contributed by atoms with E-state index in [1.807, 2.05) is 11.7 Å². The molecule has 1 aliphatic heterocycles. The Balaban J connectivity index is 1.79. The maximum Gasteiger partial charge on any atom is 0.157 e. The van der Waals surface area contributed by atoms with Crippen LogP contribution in [0.3, 0.4) is 0 Å². The van der Waals surface area contributed by atoms with Crippen molar-refractivity contribution in [2.24, 2.45) is 7.05 Å². The van der Waals surface area contributed by atoms with Gasteiger partial charge in [-0.2, -0.15) is 5.10 Å². The molecule has 0 spiro atoms. The van der Waals surface area contributed by atoms with Gasteiger partial charge in [0.1, 0.15) is 6.10 Å². The molecular formula is C12H20N4O. The van der Waals surface area contributed by atoms with Crippen molar-refractivity contribution in [2.45, 2.75) is 37.7 Å². The molecular weight excluding hydrogens is 216 g/mol. The summed E-state index contributed by atoms with van der Waals surface area (Å²) in [6, 6.07) is 0. The van der Waals surface area contributed by atoms with Gasteiger partial charge in [-0.25, -0.2) is 4.98 Å². The van der Waals surface area contributed by atoms with E-state index < -0.39 is 0 Å². The van der Waals surface area contributed by atoms with Crippen molar-refractivity contribution in [3.05, 3.63) is 11.6 Å². The normalized spacial score (nSPS) is 26.5. The van der Waals surface area contributed by atoms with Gasteiger partial charge in [-0.1, -0.05) is 12.8 Å². The Morgan fingerprint density at radius 3 is 2.88 bits per heavy atom. The lowest BCUT2D eigenvalue weighted by atomic mass is 10.1. The molecule has 94 valence electrons. The summed E-state index contributed by atoms with van der Waals surface area (Å²) in [4.78, 5) is 4.70. The highest BCUT2D eigenvalue weighted by Crippen LogP contribution is 2.32. The molecule has 0 amide bonds. The number of hydrogen-bond donors (Lipinski definition) is 1. The monoisotopic (exact) mass is 236 g/mol. The summed E-state index contributed by atoms with van der Waals surface area (Å²) in [5, 5.41) is 7.90. The van der Waals surface area contributed by atoms with Gasteiger partial charge >= 0.3 is 0 Å². The minimum atomic E-state index is 0.0661. The molecule has 2 fully saturated rings. The lowest BCUT2D eigenvalue weighted by Crippen LogP contribution is -2.34. The molecule has 1 aromatic heterocycles. The molecule has 0 bridgehead atoms. The van der Waals surface area contributed by atoms with E-state index in [9.17, 15) is 0 Å². The zero-order chi connectivity index (χ0) is 11.7. The zero-order valence-corrected chi connectivity index (χ0v) is 10.4. The second kappa shape index (κ2) is 4.74. The Hall–Kier alpha value is -0.940. The van der Waals surface area contributed by atoms with Gasteiger partial charge < -0.3 is 10.1 Å². The van der Waals surface area contributed by atoms with Crippen LogP contribution in [0.1, 0.15) is 49.4 Å². The van der Waals surface area contributed by atoms with Crippen molar-refractivity contribution < 1.29 is 4.74 Å². The number of ether oxygens (including phenoxy) is 1. The maximum atomic E-state index is 5.73. The third kappa shape index (κ3) is 2.21. The van der Waals surface area contributed by atoms with Crippen molar-refractivity contribution in [3.63, 3.8) is 0 Å². The summed E-state index contributed by atoms with van der Waals surface area (Å²) in [7, 11) is 1.97. The van der Waals surface area contributed by atoms with Gasteiger partial charge in [-0.15, -0.1) is 0 Å². The summed E-state index contributed by atoms with van der Waals surface area (Å²) in [5.74, 6) is 2.57. The third-order valence-electron chi connectivity index (χ3n) is 3.75. The first-order valence-electron chi connectivity index (χ1n) is 6.58. The zero-order valence-electron chi connectivity index (χ0n) is 10.4. The number of nitrogens with zero attached hydrogens (tertiary/aromatic N) is 3. The van der Waals surface area contributed by atoms with E-state index in [0.29, 0.717) is 5.92 Å². The van der Waals surface area contributed by atoms with Crippen LogP contribution in [0.15, 0.2) is 0 Å². The van der Waals surface area contributed by atoms with Gasteiger partial charge in [0, 0.05) is 26.1 Å². The average Bonchev–Trinajstić information content (AvgIpc) is 2.99. The van der Waals surface area contributed by atoms with Crippen LogP contribution in [0.25, 0.3) is 0 Å². The Kier molecular flexibility index (Phi) is 3.11. The molecule has 5 heteroatoms. The first-order valence-corrected chi connectivity index (χ1v) is 6.58. The topological polar surface area (TPSA) is 52.0 Å². The third-order valence-corrected chi connectivity index (χ3v) is 3.75. The fourth-order valence-electron chi connectivity index (χ4n) is 2.79. The second-order valence-electron chi connectivity index (χ2n) is 5.00. The number of aryl methyl sites for hydroxylation is 1. The molecule has 2 heterocycles. The molecule has 1 aliphatic carbocycles. The SMILES string of the molecule is Cn1nc(C2CCCC2)nc1C1CNCCO1. The standard InChI is InChI=1S/C12H20N4O/c1-16-12(10-8-13-6-7-17-10)14-11(15-16)9-4-2-3-5-9/h9-10,13H,2-8H2,1H3. The molecule has 1 atom stereocenters. The van der Waals surface area contributed by atoms with Gasteiger partial charge in [0.15, 0.2) is 11.6 Å². The molecule has 1 saturated carbocycles. The molecule has 17 heavy (non-hydrogen) atoms. The van der Waals surface area contributed by atoms with E-state index >= 15 is 0 Å². The summed E-state index contributed by atoms with van der Waals surface area (Å²) in [6.45, 7) is 2.54. The van der Waals surface area contributed by atoms with Crippen LogP contribution in [-0.4, -0.2) is 34.5 Å². The maximum absolute atomic E-state index is 5.73. The fraction of sp³-hybridized carbons (Fsp3) is 0.833. The number of rotatable bonds is 2. The largest absolute Gasteiger partial charge is 0.368 e. The van der Waals surface area contributed by atoms with Crippen LogP contribution in [-0.2, 0) is 11.8 Å². The van der Waals surface area contributed by atoms with Crippen LogP contribution < -0.4 is 5.32 Å². The van der Waals surface area contributed by atoms with Gasteiger partial charge in [-0.3, -0.25) is 4.68 Å². The Morgan fingerprint density at radius 2 is 2.18 bits per heavy atom. The predicted molar refractivity (Wildman–Crippen MR) is 63.8 cm³/mol. The van der Waals surface area contributed by atoms with Gasteiger partial charge in [0.2, 0.25) is 0 Å². The van der Waals surface area contributed by atoms with Gasteiger partial charge in [0.05, 0.1) is 6.61 Å². The summed E-state index contributed by atoms with van der Waals surface area (Å²) < 4.78 is 7.63. The number of hydrogen-bond acceptors (Lipinski definition) is 4. The van der Waals surface area contributed by atoms with Gasteiger partial charge in [0.25, 0.3) is 0 Å². The van der Waals surface area contributed by atoms with E-state index in [-0.39, 0.29) is 6.10 Å². The van der Waals surface area contributed by atoms with E-state index in [1.54, 1.807) is 0 Å². The predicted octanol–water partition coefficient (Wildman–Crippen LogP) is 1.13. The molecule has 1 aromatic rings. The molecule has 5 nitrogen and oxygen atoms in total. The van der Waals surface area contributed by atoms with E-state index in [1.165, 1.54) is 25.7 Å². The summed E-state index contributed by atoms with van der Waals surface area (Å²) in [5.41, 5.74) is 0. The summed E-state index contributed by atoms with van der Waals surface area (Å²) >= 11 is 0. The van der Waals surface area contributed by atoms with Crippen LogP contribution in [0.4, 0.5) is 0 Å². The van der Waals surface area contributed by atoms with Crippen LogP contribution >= 0.6 is 0 Å². The molecule has 2 aliphatic rings. The Labute approximate surface area is 102 Å². The molecule has 1 unspecified atom stereocenters. The first kappa shape index (κ1) is 11.2. The van der Waals surface area contributed by atoms with Crippen molar-refractivity contribution in [3.8, 4) is 0 Å². The highest BCUT2D eigenvalue weighted by atomic mass is 16.5. The second-order valence-corrected chi connectivity index (χ2v) is 5.00. The quantitative estimate of drug-likeness (QED) is 0.836. The van der Waals surface area contributed by atoms with Crippen molar-refractivity contribution in [2.75, 3.05) is 19.7 Å². The van der Waals surface area contributed by atoms with Crippen LogP contribution in [0.5, 0.6) is 0 Å². The number of aromatic nitrogens is 3. The fourth-order valence-corrected chi connectivity index (χ4v) is 2.79. The smallest absolute Gasteiger partial charge is 0.157 e. The molecule has 0 radical (unpaired) electrons. The molecule has 0 aromatic carbocycles. The molecule has 3 rings (SSSR count). The summed E-state index contributed by atoms with van der Waals surface area (Å²) in [6.07, 6.45) is 5.19. The first-order chi connectivity index (χ1) is 8.34. The highest BCUT2D eigenvalue weighted by molar-refractivity contribution is 5.04. The van der Waals surface area contributed by atoms with Crippen molar-refractivity contribution in [1.29, 1.82) is 0 Å². The van der Waals surface area contributed by atoms with E-state index in [2.05, 4.69) is 10.4 Å². The van der Waals surface area contributed by atoms with E-state index in [4.69, 9.17) is 9.72 Å².